The van der Waals surface area contributed by atoms with Gasteiger partial charge in [0.15, 0.2) is 5.78 Å². The van der Waals surface area contributed by atoms with Gasteiger partial charge in [-0.3, -0.25) is 9.59 Å². The quantitative estimate of drug-likeness (QED) is 0.315. The van der Waals surface area contributed by atoms with E-state index in [1.165, 1.54) is 19.2 Å². The lowest BCUT2D eigenvalue weighted by Crippen LogP contribution is -2.70. The monoisotopic (exact) mass is 628 g/mol. The van der Waals surface area contributed by atoms with E-state index in [1.54, 1.807) is 13.0 Å². The fourth-order valence-corrected chi connectivity index (χ4v) is 8.75. The number of aromatic hydroxyl groups is 1. The number of ether oxygens (including phenoxy) is 5. The number of fused-ring (bicyclic) bond motifs is 2. The summed E-state index contributed by atoms with van der Waals surface area (Å²) in [6.07, 6.45) is 4.08. The number of aliphatic hydroxyl groups is 1. The molecule has 3 bridgehead atoms. The van der Waals surface area contributed by atoms with E-state index in [0.717, 1.165) is 11.1 Å². The van der Waals surface area contributed by atoms with Crippen LogP contribution >= 0.6 is 0 Å². The third kappa shape index (κ3) is 4.43. The average molecular weight is 629 g/mol. The number of Topliss-reactive ketones (excluding diaryl/α,β-unsaturated/α-hetero) is 1. The van der Waals surface area contributed by atoms with Crippen LogP contribution in [-0.2, 0) is 41.4 Å². The molecule has 0 amide bonds. The van der Waals surface area contributed by atoms with Crippen molar-refractivity contribution in [1.82, 2.24) is 0 Å². The summed E-state index contributed by atoms with van der Waals surface area (Å²) in [7, 11) is 1.46. The molecule has 3 fully saturated rings. The highest BCUT2D eigenvalue weighted by molar-refractivity contribution is 6.04. The maximum Gasteiger partial charge on any atom is 0.310 e. The number of carbonyl (C=O) groups is 2. The lowest BCUT2D eigenvalue weighted by molar-refractivity contribution is -0.421. The summed E-state index contributed by atoms with van der Waals surface area (Å²) in [6, 6.07) is 14.4. The second kappa shape index (κ2) is 10.6. The molecule has 2 aromatic carbocycles. The van der Waals surface area contributed by atoms with Crippen molar-refractivity contribution in [3.63, 3.8) is 0 Å². The number of hydrogen-bond donors (Lipinski definition) is 2. The van der Waals surface area contributed by atoms with Gasteiger partial charge in [0.2, 0.25) is 0 Å². The predicted octanol–water partition coefficient (Wildman–Crippen LogP) is 4.74. The van der Waals surface area contributed by atoms with Crippen LogP contribution in [0.15, 0.2) is 84.0 Å². The molecule has 1 saturated carbocycles. The topological polar surface area (TPSA) is 121 Å². The number of ketones is 1. The number of carbonyl (C=O) groups excluding carboxylic acids is 2. The van der Waals surface area contributed by atoms with E-state index in [4.69, 9.17) is 23.7 Å². The summed E-state index contributed by atoms with van der Waals surface area (Å²) in [6.45, 7) is 9.97. The fraction of sp³-hybridized carbons (Fsp3) is 0.459. The molecule has 46 heavy (non-hydrogen) atoms. The SMILES string of the molecule is C=C(C)[C@]12C[C@@H](C)[C@@]34O[C@](Cc5ccccc5)(O[C@@H]1[C@@H]3C=C(COC(=O)Cc1ccc(O)cc1OC)C[C@]1(O)C(=O)C(C)=C[C@@H]41)O2. The normalized spacial score (nSPS) is 37.1. The second-order valence-corrected chi connectivity index (χ2v) is 13.7. The molecule has 8 atom stereocenters. The van der Waals surface area contributed by atoms with Crippen LogP contribution in [0.25, 0.3) is 0 Å². The predicted molar refractivity (Wildman–Crippen MR) is 167 cm³/mol. The number of hydrogen-bond acceptors (Lipinski definition) is 9. The molecular weight excluding hydrogens is 588 g/mol. The van der Waals surface area contributed by atoms with Crippen LogP contribution in [-0.4, -0.2) is 64.6 Å². The van der Waals surface area contributed by atoms with E-state index in [0.29, 0.717) is 35.3 Å². The summed E-state index contributed by atoms with van der Waals surface area (Å²) in [5, 5.41) is 22.2. The van der Waals surface area contributed by atoms with Crippen LogP contribution in [0.2, 0.25) is 0 Å². The zero-order chi connectivity index (χ0) is 32.6. The van der Waals surface area contributed by atoms with E-state index in [-0.39, 0.29) is 36.9 Å². The molecule has 0 aromatic heterocycles. The van der Waals surface area contributed by atoms with Crippen molar-refractivity contribution < 1.29 is 43.5 Å². The molecule has 2 aromatic rings. The summed E-state index contributed by atoms with van der Waals surface area (Å²) >= 11 is 0. The van der Waals surface area contributed by atoms with Crippen LogP contribution in [0.4, 0.5) is 0 Å². The zero-order valence-electron chi connectivity index (χ0n) is 26.6. The molecule has 2 saturated heterocycles. The molecule has 0 unspecified atom stereocenters. The Bertz CT molecular complexity index is 1680. The molecule has 0 spiro atoms. The Morgan fingerprint density at radius 2 is 1.89 bits per heavy atom. The van der Waals surface area contributed by atoms with Gasteiger partial charge in [-0.15, -0.1) is 0 Å². The van der Waals surface area contributed by atoms with Crippen molar-refractivity contribution in [1.29, 1.82) is 0 Å². The minimum absolute atomic E-state index is 0.0200. The Morgan fingerprint density at radius 3 is 2.61 bits per heavy atom. The van der Waals surface area contributed by atoms with E-state index >= 15 is 0 Å². The second-order valence-electron chi connectivity index (χ2n) is 13.7. The van der Waals surface area contributed by atoms with Crippen molar-refractivity contribution in [2.45, 2.75) is 75.3 Å². The lowest BCUT2D eigenvalue weighted by Gasteiger charge is -2.59. The maximum absolute atomic E-state index is 13.8. The third-order valence-electron chi connectivity index (χ3n) is 10.8. The van der Waals surface area contributed by atoms with E-state index < -0.39 is 46.7 Å². The number of benzene rings is 2. The Hall–Kier alpha value is -3.76. The Kier molecular flexibility index (Phi) is 7.14. The molecule has 9 nitrogen and oxygen atoms in total. The van der Waals surface area contributed by atoms with E-state index in [1.807, 2.05) is 49.4 Å². The molecule has 2 heterocycles. The Labute approximate surface area is 268 Å². The van der Waals surface area contributed by atoms with Gasteiger partial charge in [0.25, 0.3) is 5.97 Å². The summed E-state index contributed by atoms with van der Waals surface area (Å²) in [5.41, 5.74) is -0.310. The van der Waals surface area contributed by atoms with Crippen molar-refractivity contribution in [3.8, 4) is 11.5 Å². The lowest BCUT2D eigenvalue weighted by atomic mass is 9.55. The zero-order valence-corrected chi connectivity index (χ0v) is 26.6. The molecule has 242 valence electrons. The van der Waals surface area contributed by atoms with Crippen molar-refractivity contribution >= 4 is 11.8 Å². The van der Waals surface area contributed by atoms with Crippen LogP contribution in [0.1, 0.15) is 44.7 Å². The first kappa shape index (κ1) is 30.9. The summed E-state index contributed by atoms with van der Waals surface area (Å²) < 4.78 is 31.9. The standard InChI is InChI=1S/C37H40O9/c1-21(2)35-17-23(4)37-28(33(35)44-36(45-35,46-37)19-24-9-7-6-8-10-24)14-25(18-34(41)30(37)13-22(3)32(34)40)20-43-31(39)15-26-11-12-27(38)16-29(26)42-5/h6-14,16,23,28,30,33,38,41H,1,15,17-20H2,2-5H3/t23-,28+,30-,33-,34-,35-,36-,37-/m1/s1. The molecule has 5 aliphatic rings. The van der Waals surface area contributed by atoms with Gasteiger partial charge < -0.3 is 33.9 Å². The minimum atomic E-state index is -1.81. The first-order valence-electron chi connectivity index (χ1n) is 15.8. The summed E-state index contributed by atoms with van der Waals surface area (Å²) in [4.78, 5) is 26.9. The molecule has 3 aliphatic carbocycles. The Morgan fingerprint density at radius 1 is 1.13 bits per heavy atom. The van der Waals surface area contributed by atoms with Gasteiger partial charge in [-0.2, -0.15) is 0 Å². The van der Waals surface area contributed by atoms with Gasteiger partial charge in [0.05, 0.1) is 25.6 Å². The van der Waals surface area contributed by atoms with Gasteiger partial charge >= 0.3 is 5.97 Å². The molecular formula is C37H40O9. The van der Waals surface area contributed by atoms with E-state index in [2.05, 4.69) is 13.5 Å². The van der Waals surface area contributed by atoms with Crippen LogP contribution in [0, 0.1) is 17.8 Å². The highest BCUT2D eigenvalue weighted by Crippen LogP contribution is 2.68. The van der Waals surface area contributed by atoms with Crippen molar-refractivity contribution in [3.05, 3.63) is 95.1 Å². The number of esters is 1. The summed E-state index contributed by atoms with van der Waals surface area (Å²) in [5.74, 6) is -3.24. The molecule has 7 rings (SSSR count). The van der Waals surface area contributed by atoms with Crippen LogP contribution in [0.5, 0.6) is 11.5 Å². The first-order chi connectivity index (χ1) is 21.9. The fourth-order valence-electron chi connectivity index (χ4n) is 8.75. The molecule has 9 heteroatoms. The highest BCUT2D eigenvalue weighted by atomic mass is 16.9. The van der Waals surface area contributed by atoms with Crippen molar-refractivity contribution in [2.24, 2.45) is 17.8 Å². The maximum atomic E-state index is 13.8. The Balaban J connectivity index is 1.28. The smallest absolute Gasteiger partial charge is 0.310 e. The number of methoxy groups -OCH3 is 1. The largest absolute Gasteiger partial charge is 0.508 e. The molecule has 0 radical (unpaired) electrons. The highest BCUT2D eigenvalue weighted by Gasteiger charge is 2.79. The van der Waals surface area contributed by atoms with Crippen molar-refractivity contribution in [2.75, 3.05) is 13.7 Å². The molecule has 2 N–H and O–H groups in total. The van der Waals surface area contributed by atoms with Crippen LogP contribution < -0.4 is 4.74 Å². The number of phenolic OH excluding ortho intramolecular Hbond substituents is 1. The number of rotatable bonds is 8. The first-order valence-corrected chi connectivity index (χ1v) is 15.8. The minimum Gasteiger partial charge on any atom is -0.508 e. The van der Waals surface area contributed by atoms with Gasteiger partial charge in [-0.05, 0) is 54.5 Å². The average Bonchev–Trinajstić information content (AvgIpc) is 3.32. The van der Waals surface area contributed by atoms with Gasteiger partial charge in [0.1, 0.15) is 35.4 Å². The van der Waals surface area contributed by atoms with Gasteiger partial charge in [-0.25, -0.2) is 0 Å². The molecule has 2 aliphatic heterocycles. The number of phenols is 1. The van der Waals surface area contributed by atoms with Crippen LogP contribution in [0.3, 0.4) is 0 Å². The third-order valence-corrected chi connectivity index (χ3v) is 10.8. The van der Waals surface area contributed by atoms with Gasteiger partial charge in [0, 0.05) is 29.9 Å². The van der Waals surface area contributed by atoms with E-state index in [9.17, 15) is 19.8 Å². The van der Waals surface area contributed by atoms with Gasteiger partial charge in [-0.1, -0.05) is 62.1 Å².